The van der Waals surface area contributed by atoms with Crippen LogP contribution in [-0.4, -0.2) is 31.2 Å². The van der Waals surface area contributed by atoms with Crippen molar-refractivity contribution in [3.05, 3.63) is 0 Å². The average Bonchev–Trinajstić information content (AvgIpc) is 2.24. The summed E-state index contributed by atoms with van der Waals surface area (Å²) in [6.45, 7) is 7.69. The molecule has 0 radical (unpaired) electrons. The van der Waals surface area contributed by atoms with Gasteiger partial charge in [-0.1, -0.05) is 13.8 Å². The third kappa shape index (κ3) is 5.36. The normalized spacial score (nSPS) is 24.7. The van der Waals surface area contributed by atoms with Crippen LogP contribution in [0.15, 0.2) is 0 Å². The second-order valence-electron chi connectivity index (χ2n) is 5.75. The summed E-state index contributed by atoms with van der Waals surface area (Å²) in [4.78, 5) is 11.9. The lowest BCUT2D eigenvalue weighted by Crippen LogP contribution is -2.48. The van der Waals surface area contributed by atoms with Crippen molar-refractivity contribution in [2.75, 3.05) is 13.2 Å². The van der Waals surface area contributed by atoms with Crippen molar-refractivity contribution < 1.29 is 9.53 Å². The number of amides is 1. The van der Waals surface area contributed by atoms with Crippen LogP contribution in [0.5, 0.6) is 0 Å². The van der Waals surface area contributed by atoms with Crippen LogP contribution in [0.3, 0.4) is 0 Å². The summed E-state index contributed by atoms with van der Waals surface area (Å²) >= 11 is 0. The van der Waals surface area contributed by atoms with Crippen molar-refractivity contribution in [2.45, 2.75) is 58.6 Å². The molecule has 0 saturated heterocycles. The second kappa shape index (κ2) is 7.74. The number of hydrogen-bond donors (Lipinski definition) is 2. The molecular formula is C14H28N2O2. The number of hydrogen-bond acceptors (Lipinski definition) is 3. The van der Waals surface area contributed by atoms with Gasteiger partial charge in [-0.05, 0) is 44.6 Å². The molecule has 0 heterocycles. The van der Waals surface area contributed by atoms with E-state index in [9.17, 15) is 4.79 Å². The largest absolute Gasteiger partial charge is 0.378 e. The maximum atomic E-state index is 11.9. The number of nitrogens with one attached hydrogen (secondary N) is 1. The zero-order chi connectivity index (χ0) is 13.5. The van der Waals surface area contributed by atoms with Crippen LogP contribution in [-0.2, 0) is 9.53 Å². The highest BCUT2D eigenvalue weighted by Crippen LogP contribution is 2.23. The maximum Gasteiger partial charge on any atom is 0.220 e. The van der Waals surface area contributed by atoms with E-state index in [0.29, 0.717) is 36.9 Å². The van der Waals surface area contributed by atoms with Crippen LogP contribution < -0.4 is 11.1 Å². The summed E-state index contributed by atoms with van der Waals surface area (Å²) in [5.74, 6) is 1.05. The fourth-order valence-electron chi connectivity index (χ4n) is 2.53. The molecule has 1 unspecified atom stereocenters. The van der Waals surface area contributed by atoms with Gasteiger partial charge in [0.05, 0.1) is 6.10 Å². The van der Waals surface area contributed by atoms with E-state index in [1.165, 1.54) is 0 Å². The number of carbonyl (C=O) groups excluding carboxylic acids is 1. The van der Waals surface area contributed by atoms with Crippen LogP contribution >= 0.6 is 0 Å². The van der Waals surface area contributed by atoms with Crippen molar-refractivity contribution in [3.63, 3.8) is 0 Å². The SMILES string of the molecule is CCOC1CC(NC(=O)CC(CN)CC(C)C)C1. The van der Waals surface area contributed by atoms with Crippen molar-refractivity contribution in [2.24, 2.45) is 17.6 Å². The molecule has 0 aromatic carbocycles. The Bertz CT molecular complexity index is 250. The molecule has 4 nitrogen and oxygen atoms in total. The van der Waals surface area contributed by atoms with Crippen LogP contribution in [0.1, 0.15) is 46.5 Å². The minimum Gasteiger partial charge on any atom is -0.378 e. The van der Waals surface area contributed by atoms with Crippen molar-refractivity contribution >= 4 is 5.91 Å². The number of nitrogens with two attached hydrogens (primary N) is 1. The molecule has 0 aromatic rings. The molecule has 1 aliphatic rings. The van der Waals surface area contributed by atoms with Crippen LogP contribution in [0.2, 0.25) is 0 Å². The Morgan fingerprint density at radius 2 is 2.11 bits per heavy atom. The predicted octanol–water partition coefficient (Wildman–Crippen LogP) is 1.68. The Kier molecular flexibility index (Phi) is 6.65. The van der Waals surface area contributed by atoms with Crippen LogP contribution in [0.4, 0.5) is 0 Å². The van der Waals surface area contributed by atoms with Gasteiger partial charge in [0.1, 0.15) is 0 Å². The van der Waals surface area contributed by atoms with Gasteiger partial charge in [-0.2, -0.15) is 0 Å². The summed E-state index contributed by atoms with van der Waals surface area (Å²) in [6.07, 6.45) is 3.84. The average molecular weight is 256 g/mol. The topological polar surface area (TPSA) is 64.3 Å². The number of ether oxygens (including phenoxy) is 1. The molecule has 106 valence electrons. The van der Waals surface area contributed by atoms with Gasteiger partial charge in [-0.15, -0.1) is 0 Å². The first kappa shape index (κ1) is 15.4. The lowest BCUT2D eigenvalue weighted by atomic mass is 9.88. The first-order chi connectivity index (χ1) is 8.55. The van der Waals surface area contributed by atoms with Gasteiger partial charge in [0.25, 0.3) is 0 Å². The molecule has 4 heteroatoms. The van der Waals surface area contributed by atoms with E-state index in [-0.39, 0.29) is 5.91 Å². The highest BCUT2D eigenvalue weighted by atomic mass is 16.5. The molecule has 1 fully saturated rings. The fourth-order valence-corrected chi connectivity index (χ4v) is 2.53. The zero-order valence-electron chi connectivity index (χ0n) is 11.9. The summed E-state index contributed by atoms with van der Waals surface area (Å²) < 4.78 is 5.47. The molecule has 1 aliphatic carbocycles. The van der Waals surface area contributed by atoms with Crippen molar-refractivity contribution in [1.82, 2.24) is 5.32 Å². The van der Waals surface area contributed by atoms with Gasteiger partial charge < -0.3 is 15.8 Å². The predicted molar refractivity (Wildman–Crippen MR) is 73.2 cm³/mol. The monoisotopic (exact) mass is 256 g/mol. The first-order valence-electron chi connectivity index (χ1n) is 7.16. The molecule has 3 N–H and O–H groups in total. The van der Waals surface area contributed by atoms with E-state index in [1.807, 2.05) is 6.92 Å². The third-order valence-corrected chi connectivity index (χ3v) is 3.47. The fraction of sp³-hybridized carbons (Fsp3) is 0.929. The quantitative estimate of drug-likeness (QED) is 0.694. The Balaban J connectivity index is 2.17. The van der Waals surface area contributed by atoms with Crippen LogP contribution in [0, 0.1) is 11.8 Å². The lowest BCUT2D eigenvalue weighted by Gasteiger charge is -2.35. The van der Waals surface area contributed by atoms with Gasteiger partial charge >= 0.3 is 0 Å². The first-order valence-corrected chi connectivity index (χ1v) is 7.16. The van der Waals surface area contributed by atoms with Crippen molar-refractivity contribution in [3.8, 4) is 0 Å². The molecule has 0 spiro atoms. The van der Waals surface area contributed by atoms with Gasteiger partial charge in [-0.3, -0.25) is 4.79 Å². The van der Waals surface area contributed by atoms with Gasteiger partial charge in [-0.25, -0.2) is 0 Å². The Morgan fingerprint density at radius 1 is 1.44 bits per heavy atom. The summed E-state index contributed by atoms with van der Waals surface area (Å²) in [7, 11) is 0. The molecule has 0 aliphatic heterocycles. The summed E-state index contributed by atoms with van der Waals surface area (Å²) in [5, 5.41) is 3.07. The lowest BCUT2D eigenvalue weighted by molar-refractivity contribution is -0.124. The third-order valence-electron chi connectivity index (χ3n) is 3.47. The summed E-state index contributed by atoms with van der Waals surface area (Å²) in [5.41, 5.74) is 5.71. The highest BCUT2D eigenvalue weighted by molar-refractivity contribution is 5.76. The molecule has 1 atom stereocenters. The van der Waals surface area contributed by atoms with Gasteiger partial charge in [0, 0.05) is 19.1 Å². The maximum absolute atomic E-state index is 11.9. The van der Waals surface area contributed by atoms with E-state index in [4.69, 9.17) is 10.5 Å². The highest BCUT2D eigenvalue weighted by Gasteiger charge is 2.30. The minimum absolute atomic E-state index is 0.144. The molecule has 1 amide bonds. The Labute approximate surface area is 111 Å². The van der Waals surface area contributed by atoms with Gasteiger partial charge in [0.2, 0.25) is 5.91 Å². The van der Waals surface area contributed by atoms with E-state index in [1.54, 1.807) is 0 Å². The number of carbonyl (C=O) groups is 1. The van der Waals surface area contributed by atoms with E-state index >= 15 is 0 Å². The van der Waals surface area contributed by atoms with Crippen LogP contribution in [0.25, 0.3) is 0 Å². The Morgan fingerprint density at radius 3 is 2.61 bits per heavy atom. The minimum atomic E-state index is 0.144. The van der Waals surface area contributed by atoms with Gasteiger partial charge in [0.15, 0.2) is 0 Å². The van der Waals surface area contributed by atoms with E-state index in [0.717, 1.165) is 25.9 Å². The van der Waals surface area contributed by atoms with E-state index < -0.39 is 0 Å². The number of rotatable bonds is 8. The second-order valence-corrected chi connectivity index (χ2v) is 5.75. The summed E-state index contributed by atoms with van der Waals surface area (Å²) in [6, 6.07) is 0.312. The smallest absolute Gasteiger partial charge is 0.220 e. The molecule has 18 heavy (non-hydrogen) atoms. The van der Waals surface area contributed by atoms with E-state index in [2.05, 4.69) is 19.2 Å². The molecule has 0 aromatic heterocycles. The molecule has 1 saturated carbocycles. The standard InChI is InChI=1S/C14H28N2O2/c1-4-18-13-7-12(8-13)16-14(17)6-11(9-15)5-10(2)3/h10-13H,4-9,15H2,1-3H3,(H,16,17). The molecule has 0 bridgehead atoms. The molecular weight excluding hydrogens is 228 g/mol. The van der Waals surface area contributed by atoms with Crippen molar-refractivity contribution in [1.29, 1.82) is 0 Å². The molecule has 1 rings (SSSR count). The zero-order valence-corrected chi connectivity index (χ0v) is 11.9. The Hall–Kier alpha value is -0.610.